The Morgan fingerprint density at radius 2 is 1.60 bits per heavy atom. The lowest BCUT2D eigenvalue weighted by atomic mass is 10.2. The van der Waals surface area contributed by atoms with E-state index in [9.17, 15) is 9.18 Å². The highest BCUT2D eigenvalue weighted by Crippen LogP contribution is 2.23. The van der Waals surface area contributed by atoms with E-state index in [1.165, 1.54) is 24.3 Å². The number of nitrogens with two attached hydrogens (primary N) is 1. The normalized spacial score (nSPS) is 10.3. The lowest BCUT2D eigenvalue weighted by molar-refractivity contribution is 0.102. The molecule has 0 aliphatic rings. The van der Waals surface area contributed by atoms with Crippen LogP contribution in [0.1, 0.15) is 16.1 Å². The van der Waals surface area contributed by atoms with Crippen molar-refractivity contribution in [3.8, 4) is 11.5 Å². The number of nitrogen functional groups attached to an aromatic ring is 1. The molecule has 0 unspecified atom stereocenters. The highest BCUT2D eigenvalue weighted by atomic mass is 19.1. The Balaban J connectivity index is 1.67. The van der Waals surface area contributed by atoms with Gasteiger partial charge in [-0.1, -0.05) is 0 Å². The van der Waals surface area contributed by atoms with E-state index < -0.39 is 0 Å². The summed E-state index contributed by atoms with van der Waals surface area (Å²) in [5.41, 5.74) is 7.44. The molecule has 5 nitrogen and oxygen atoms in total. The third kappa shape index (κ3) is 4.11. The fourth-order valence-corrected chi connectivity index (χ4v) is 2.21. The second kappa shape index (κ2) is 7.00. The summed E-state index contributed by atoms with van der Waals surface area (Å²) in [4.78, 5) is 16.3. The van der Waals surface area contributed by atoms with Gasteiger partial charge in [-0.15, -0.1) is 0 Å². The van der Waals surface area contributed by atoms with Gasteiger partial charge in [-0.3, -0.25) is 4.79 Å². The highest BCUT2D eigenvalue weighted by Gasteiger charge is 2.11. The Morgan fingerprint density at radius 1 is 1.00 bits per heavy atom. The summed E-state index contributed by atoms with van der Waals surface area (Å²) in [7, 11) is 0. The van der Waals surface area contributed by atoms with Crippen molar-refractivity contribution in [2.45, 2.75) is 6.92 Å². The third-order valence-corrected chi connectivity index (χ3v) is 3.47. The zero-order valence-electron chi connectivity index (χ0n) is 13.5. The van der Waals surface area contributed by atoms with Crippen LogP contribution < -0.4 is 15.8 Å². The number of halogens is 1. The molecule has 0 saturated heterocycles. The van der Waals surface area contributed by atoms with E-state index in [1.807, 2.05) is 0 Å². The third-order valence-electron chi connectivity index (χ3n) is 3.47. The molecule has 0 saturated carbocycles. The molecule has 3 aromatic rings. The summed E-state index contributed by atoms with van der Waals surface area (Å²) in [5.74, 6) is 0.624. The molecule has 1 heterocycles. The van der Waals surface area contributed by atoms with Crippen LogP contribution in [0.2, 0.25) is 0 Å². The zero-order chi connectivity index (χ0) is 17.8. The molecule has 126 valence electrons. The number of nitrogens with one attached hydrogen (secondary N) is 1. The first-order valence-corrected chi connectivity index (χ1v) is 7.59. The molecule has 0 fully saturated rings. The van der Waals surface area contributed by atoms with Gasteiger partial charge < -0.3 is 15.8 Å². The molecular weight excluding hydrogens is 321 g/mol. The minimum atomic E-state index is -0.336. The number of pyridine rings is 1. The van der Waals surface area contributed by atoms with Crippen molar-refractivity contribution < 1.29 is 13.9 Å². The monoisotopic (exact) mass is 337 g/mol. The predicted molar refractivity (Wildman–Crippen MR) is 94.3 cm³/mol. The molecule has 1 amide bonds. The Labute approximate surface area is 144 Å². The van der Waals surface area contributed by atoms with Gasteiger partial charge in [0.2, 0.25) is 0 Å². The predicted octanol–water partition coefficient (Wildman–Crippen LogP) is 4.16. The Bertz CT molecular complexity index is 894. The first kappa shape index (κ1) is 16.4. The van der Waals surface area contributed by atoms with Crippen LogP contribution in [0, 0.1) is 12.7 Å². The fraction of sp³-hybridized carbons (Fsp3) is 0.0526. The van der Waals surface area contributed by atoms with Gasteiger partial charge in [-0.05, 0) is 67.6 Å². The standard InChI is InChI=1S/C19H16FN3O2/c1-12-2-11-17(18(21)22-12)19(24)23-14-5-9-16(10-6-14)25-15-7-3-13(20)4-8-15/h2-11H,1H3,(H2,21,22)(H,23,24). The smallest absolute Gasteiger partial charge is 0.259 e. The van der Waals surface area contributed by atoms with Crippen molar-refractivity contribution in [2.75, 3.05) is 11.1 Å². The summed E-state index contributed by atoms with van der Waals surface area (Å²) < 4.78 is 18.5. The van der Waals surface area contributed by atoms with E-state index in [4.69, 9.17) is 10.5 Å². The van der Waals surface area contributed by atoms with Crippen molar-refractivity contribution in [2.24, 2.45) is 0 Å². The minimum Gasteiger partial charge on any atom is -0.457 e. The SMILES string of the molecule is Cc1ccc(C(=O)Nc2ccc(Oc3ccc(F)cc3)cc2)c(N)n1. The number of nitrogens with zero attached hydrogens (tertiary/aromatic N) is 1. The number of aryl methyl sites for hydroxylation is 1. The van der Waals surface area contributed by atoms with Gasteiger partial charge in [-0.25, -0.2) is 9.37 Å². The lowest BCUT2D eigenvalue weighted by Gasteiger charge is -2.09. The summed E-state index contributed by atoms with van der Waals surface area (Å²) in [6.45, 7) is 1.80. The fourth-order valence-electron chi connectivity index (χ4n) is 2.21. The molecule has 0 atom stereocenters. The molecule has 2 aromatic carbocycles. The Hall–Kier alpha value is -3.41. The number of rotatable bonds is 4. The van der Waals surface area contributed by atoms with Gasteiger partial charge >= 0.3 is 0 Å². The number of ether oxygens (including phenoxy) is 1. The number of aromatic nitrogens is 1. The topological polar surface area (TPSA) is 77.2 Å². The Morgan fingerprint density at radius 3 is 2.20 bits per heavy atom. The zero-order valence-corrected chi connectivity index (χ0v) is 13.5. The summed E-state index contributed by atoms with van der Waals surface area (Å²) in [6.07, 6.45) is 0. The molecule has 0 bridgehead atoms. The van der Waals surface area contributed by atoms with Crippen molar-refractivity contribution in [1.29, 1.82) is 0 Å². The number of hydrogen-bond acceptors (Lipinski definition) is 4. The maximum atomic E-state index is 12.9. The van der Waals surface area contributed by atoms with Gasteiger partial charge in [0.25, 0.3) is 5.91 Å². The van der Waals surface area contributed by atoms with E-state index in [0.717, 1.165) is 5.69 Å². The average molecular weight is 337 g/mol. The number of benzene rings is 2. The van der Waals surface area contributed by atoms with Crippen molar-refractivity contribution in [1.82, 2.24) is 4.98 Å². The van der Waals surface area contributed by atoms with E-state index in [-0.39, 0.29) is 17.5 Å². The number of carbonyl (C=O) groups is 1. The largest absolute Gasteiger partial charge is 0.457 e. The van der Waals surface area contributed by atoms with E-state index in [1.54, 1.807) is 43.3 Å². The number of carbonyl (C=O) groups excluding carboxylic acids is 1. The number of hydrogen-bond donors (Lipinski definition) is 2. The maximum absolute atomic E-state index is 12.9. The van der Waals surface area contributed by atoms with E-state index in [0.29, 0.717) is 22.7 Å². The van der Waals surface area contributed by atoms with Gasteiger partial charge in [-0.2, -0.15) is 0 Å². The number of amides is 1. The van der Waals surface area contributed by atoms with Gasteiger partial charge in [0, 0.05) is 11.4 Å². The van der Waals surface area contributed by atoms with Crippen molar-refractivity contribution in [3.05, 3.63) is 77.7 Å². The molecule has 0 spiro atoms. The van der Waals surface area contributed by atoms with Crippen LogP contribution in [-0.4, -0.2) is 10.9 Å². The summed E-state index contributed by atoms with van der Waals surface area (Å²) >= 11 is 0. The average Bonchev–Trinajstić information content (AvgIpc) is 2.58. The molecule has 1 aromatic heterocycles. The Kier molecular flexibility index (Phi) is 4.61. The van der Waals surface area contributed by atoms with Crippen LogP contribution in [0.15, 0.2) is 60.7 Å². The molecule has 0 radical (unpaired) electrons. The van der Waals surface area contributed by atoms with Crippen LogP contribution in [-0.2, 0) is 0 Å². The van der Waals surface area contributed by atoms with Crippen LogP contribution in [0.4, 0.5) is 15.9 Å². The van der Waals surface area contributed by atoms with Crippen molar-refractivity contribution >= 4 is 17.4 Å². The van der Waals surface area contributed by atoms with Crippen LogP contribution >= 0.6 is 0 Å². The summed E-state index contributed by atoms with van der Waals surface area (Å²) in [6, 6.07) is 15.9. The van der Waals surface area contributed by atoms with Gasteiger partial charge in [0.1, 0.15) is 23.1 Å². The number of anilines is 2. The first-order valence-electron chi connectivity index (χ1n) is 7.59. The van der Waals surface area contributed by atoms with Gasteiger partial charge in [0.15, 0.2) is 0 Å². The lowest BCUT2D eigenvalue weighted by Crippen LogP contribution is -2.15. The minimum absolute atomic E-state index is 0.189. The second-order valence-corrected chi connectivity index (χ2v) is 5.42. The van der Waals surface area contributed by atoms with E-state index >= 15 is 0 Å². The quantitative estimate of drug-likeness (QED) is 0.749. The molecular formula is C19H16FN3O2. The molecule has 6 heteroatoms. The second-order valence-electron chi connectivity index (χ2n) is 5.42. The first-order chi connectivity index (χ1) is 12.0. The highest BCUT2D eigenvalue weighted by molar-refractivity contribution is 6.07. The molecule has 25 heavy (non-hydrogen) atoms. The maximum Gasteiger partial charge on any atom is 0.259 e. The van der Waals surface area contributed by atoms with Gasteiger partial charge in [0.05, 0.1) is 5.56 Å². The molecule has 3 rings (SSSR count). The van der Waals surface area contributed by atoms with Crippen molar-refractivity contribution in [3.63, 3.8) is 0 Å². The van der Waals surface area contributed by atoms with Crippen LogP contribution in [0.3, 0.4) is 0 Å². The van der Waals surface area contributed by atoms with Crippen LogP contribution in [0.5, 0.6) is 11.5 Å². The van der Waals surface area contributed by atoms with E-state index in [2.05, 4.69) is 10.3 Å². The summed E-state index contributed by atoms with van der Waals surface area (Å²) in [5, 5.41) is 2.75. The molecule has 0 aliphatic heterocycles. The van der Waals surface area contributed by atoms with Crippen LogP contribution in [0.25, 0.3) is 0 Å². The molecule has 3 N–H and O–H groups in total. The molecule has 0 aliphatic carbocycles.